The zero-order valence-corrected chi connectivity index (χ0v) is 17.0. The first kappa shape index (κ1) is 20.9. The molecule has 0 radical (unpaired) electrons. The Morgan fingerprint density at radius 2 is 1.79 bits per heavy atom. The number of amides is 1. The fraction of sp³-hybridized carbons (Fsp3) is 0.222. The van der Waals surface area contributed by atoms with E-state index in [2.05, 4.69) is 15.0 Å². The number of anilines is 1. The van der Waals surface area contributed by atoms with Gasteiger partial charge in [-0.25, -0.2) is 12.8 Å². The van der Waals surface area contributed by atoms with Crippen LogP contribution in [-0.2, 0) is 37.0 Å². The van der Waals surface area contributed by atoms with Crippen LogP contribution in [0.25, 0.3) is 0 Å². The lowest BCUT2D eigenvalue weighted by Crippen LogP contribution is -2.30. The van der Waals surface area contributed by atoms with Crippen molar-refractivity contribution in [1.82, 2.24) is 5.32 Å². The van der Waals surface area contributed by atoms with Crippen molar-refractivity contribution in [3.05, 3.63) is 59.4 Å². The zero-order chi connectivity index (χ0) is 21.2. The molecule has 0 aromatic heterocycles. The molecule has 0 saturated carbocycles. The van der Waals surface area contributed by atoms with Crippen LogP contribution in [0.1, 0.15) is 17.5 Å². The Balaban J connectivity index is 1.70. The molecule has 1 amide bonds. The Morgan fingerprint density at radius 1 is 1.14 bits per heavy atom. The average Bonchev–Trinajstić information content (AvgIpc) is 2.60. The molecule has 2 aromatic carbocycles. The van der Waals surface area contributed by atoms with Gasteiger partial charge in [-0.05, 0) is 35.4 Å². The number of amidine groups is 1. The zero-order valence-electron chi connectivity index (χ0n) is 15.3. The summed E-state index contributed by atoms with van der Waals surface area (Å²) in [5, 5.41) is 5.40. The maximum atomic E-state index is 12.9. The topological polar surface area (TPSA) is 122 Å². The smallest absolute Gasteiger partial charge is 0.286 e. The van der Waals surface area contributed by atoms with Gasteiger partial charge in [0.2, 0.25) is 5.91 Å². The summed E-state index contributed by atoms with van der Waals surface area (Å²) < 4.78 is 64.3. The minimum atomic E-state index is -4.08. The summed E-state index contributed by atoms with van der Waals surface area (Å²) in [5.41, 5.74) is 1.24. The van der Waals surface area contributed by atoms with Crippen molar-refractivity contribution in [2.45, 2.75) is 23.6 Å². The molecular formula is C18H18FN3O5S2. The Hall–Kier alpha value is -2.79. The third kappa shape index (κ3) is 5.61. The molecular weight excluding hydrogens is 421 g/mol. The average molecular weight is 439 g/mol. The van der Waals surface area contributed by atoms with Crippen LogP contribution in [-0.4, -0.2) is 34.8 Å². The Bertz CT molecular complexity index is 1190. The highest BCUT2D eigenvalue weighted by Gasteiger charge is 2.26. The van der Waals surface area contributed by atoms with Crippen LogP contribution >= 0.6 is 0 Å². The van der Waals surface area contributed by atoms with Crippen molar-refractivity contribution in [1.29, 1.82) is 0 Å². The molecule has 154 valence electrons. The van der Waals surface area contributed by atoms with Crippen molar-refractivity contribution in [2.75, 3.05) is 11.6 Å². The molecule has 0 saturated heterocycles. The van der Waals surface area contributed by atoms with Gasteiger partial charge in [-0.3, -0.25) is 4.79 Å². The molecule has 1 aliphatic rings. The third-order valence-electron chi connectivity index (χ3n) is 3.99. The molecule has 1 heterocycles. The van der Waals surface area contributed by atoms with Gasteiger partial charge in [-0.2, -0.15) is 8.42 Å². The second-order valence-corrected chi connectivity index (χ2v) is 10.3. The lowest BCUT2D eigenvalue weighted by molar-refractivity contribution is -0.120. The predicted molar refractivity (Wildman–Crippen MR) is 106 cm³/mol. The molecule has 1 aliphatic heterocycles. The monoisotopic (exact) mass is 439 g/mol. The highest BCUT2D eigenvalue weighted by molar-refractivity contribution is 7.90. The minimum Gasteiger partial charge on any atom is -0.352 e. The van der Waals surface area contributed by atoms with Crippen molar-refractivity contribution < 1.29 is 26.0 Å². The predicted octanol–water partition coefficient (Wildman–Crippen LogP) is 1.59. The minimum absolute atomic E-state index is 0.0510. The summed E-state index contributed by atoms with van der Waals surface area (Å²) in [6.45, 7) is 0.157. The van der Waals surface area contributed by atoms with Crippen molar-refractivity contribution in [2.24, 2.45) is 4.40 Å². The summed E-state index contributed by atoms with van der Waals surface area (Å²) in [4.78, 5) is 12.0. The van der Waals surface area contributed by atoms with Gasteiger partial charge in [0.1, 0.15) is 16.5 Å². The fourth-order valence-corrected chi connectivity index (χ4v) is 4.72. The van der Waals surface area contributed by atoms with Crippen molar-refractivity contribution in [3.8, 4) is 0 Å². The molecule has 0 atom stereocenters. The van der Waals surface area contributed by atoms with Gasteiger partial charge in [0.05, 0.1) is 17.9 Å². The van der Waals surface area contributed by atoms with E-state index in [1.165, 1.54) is 42.5 Å². The van der Waals surface area contributed by atoms with Crippen LogP contribution in [0.5, 0.6) is 0 Å². The number of sulfonamides is 1. The highest BCUT2D eigenvalue weighted by atomic mass is 32.2. The van der Waals surface area contributed by atoms with Gasteiger partial charge in [0.15, 0.2) is 9.84 Å². The van der Waals surface area contributed by atoms with E-state index in [1.807, 2.05) is 0 Å². The van der Waals surface area contributed by atoms with Gasteiger partial charge in [0.25, 0.3) is 10.0 Å². The Morgan fingerprint density at radius 3 is 2.45 bits per heavy atom. The van der Waals surface area contributed by atoms with E-state index >= 15 is 0 Å². The lowest BCUT2D eigenvalue weighted by Gasteiger charge is -2.19. The number of nitrogens with zero attached hydrogens (tertiary/aromatic N) is 1. The maximum absolute atomic E-state index is 12.9. The molecule has 29 heavy (non-hydrogen) atoms. The van der Waals surface area contributed by atoms with E-state index in [9.17, 15) is 26.0 Å². The number of nitrogens with one attached hydrogen (secondary N) is 2. The van der Waals surface area contributed by atoms with Crippen LogP contribution in [0.2, 0.25) is 0 Å². The second kappa shape index (κ2) is 7.91. The highest BCUT2D eigenvalue weighted by Crippen LogP contribution is 2.29. The van der Waals surface area contributed by atoms with Gasteiger partial charge in [-0.15, -0.1) is 4.40 Å². The van der Waals surface area contributed by atoms with Gasteiger partial charge < -0.3 is 10.6 Å². The van der Waals surface area contributed by atoms with Crippen molar-refractivity contribution >= 4 is 37.3 Å². The van der Waals surface area contributed by atoms with E-state index in [4.69, 9.17) is 0 Å². The molecule has 0 spiro atoms. The summed E-state index contributed by atoms with van der Waals surface area (Å²) in [5.74, 6) is -1.19. The number of sulfone groups is 1. The third-order valence-corrected chi connectivity index (χ3v) is 6.21. The quantitative estimate of drug-likeness (QED) is 0.705. The van der Waals surface area contributed by atoms with Gasteiger partial charge >= 0.3 is 0 Å². The Labute approximate surface area is 167 Å². The number of carbonyl (C=O) groups excluding carboxylic acids is 1. The largest absolute Gasteiger partial charge is 0.352 e. The normalized spacial score (nSPS) is 15.0. The number of rotatable bonds is 6. The summed E-state index contributed by atoms with van der Waals surface area (Å²) >= 11 is 0. The molecule has 2 N–H and O–H groups in total. The first-order chi connectivity index (χ1) is 13.5. The van der Waals surface area contributed by atoms with E-state index in [-0.39, 0.29) is 41.0 Å². The first-order valence-electron chi connectivity index (χ1n) is 8.44. The number of halogens is 1. The molecule has 11 heteroatoms. The molecule has 0 aliphatic carbocycles. The lowest BCUT2D eigenvalue weighted by atomic mass is 10.2. The van der Waals surface area contributed by atoms with E-state index in [0.717, 1.165) is 6.26 Å². The van der Waals surface area contributed by atoms with E-state index in [0.29, 0.717) is 11.1 Å². The van der Waals surface area contributed by atoms with Crippen LogP contribution in [0, 0.1) is 5.82 Å². The summed E-state index contributed by atoms with van der Waals surface area (Å²) in [6.07, 6.45) is 0.755. The SMILES string of the molecule is CS(=O)(=O)Cc1ccc2c(c1)S(=O)(=O)N=C(CC(=O)NCc1ccc(F)cc1)N2. The standard InChI is InChI=1S/C18H18FN3O5S2/c1-28(24,25)11-13-4-7-15-16(8-13)29(26,27)22-17(21-15)9-18(23)20-10-12-2-5-14(19)6-3-12/h2-8H,9-11H2,1H3,(H,20,23)(H,21,22). The fourth-order valence-electron chi connectivity index (χ4n) is 2.74. The molecule has 2 aromatic rings. The molecule has 8 nitrogen and oxygen atoms in total. The maximum Gasteiger partial charge on any atom is 0.286 e. The van der Waals surface area contributed by atoms with Gasteiger partial charge in [-0.1, -0.05) is 18.2 Å². The number of fused-ring (bicyclic) bond motifs is 1. The summed E-state index contributed by atoms with van der Waals surface area (Å²) in [7, 11) is -7.40. The van der Waals surface area contributed by atoms with Crippen LogP contribution in [0.4, 0.5) is 10.1 Å². The summed E-state index contributed by atoms with van der Waals surface area (Å²) in [6, 6.07) is 9.80. The van der Waals surface area contributed by atoms with Crippen LogP contribution in [0.15, 0.2) is 51.8 Å². The van der Waals surface area contributed by atoms with Crippen LogP contribution in [0.3, 0.4) is 0 Å². The molecule has 0 unspecified atom stereocenters. The first-order valence-corrected chi connectivity index (χ1v) is 11.9. The Kier molecular flexibility index (Phi) is 5.71. The molecule has 0 fully saturated rings. The van der Waals surface area contributed by atoms with Crippen LogP contribution < -0.4 is 10.6 Å². The number of benzene rings is 2. The number of hydrogen-bond donors (Lipinski definition) is 2. The van der Waals surface area contributed by atoms with Gasteiger partial charge in [0, 0.05) is 12.8 Å². The number of hydrogen-bond acceptors (Lipinski definition) is 6. The second-order valence-electron chi connectivity index (χ2n) is 6.62. The molecule has 0 bridgehead atoms. The van der Waals surface area contributed by atoms with E-state index < -0.39 is 25.8 Å². The van der Waals surface area contributed by atoms with Crippen molar-refractivity contribution in [3.63, 3.8) is 0 Å². The van der Waals surface area contributed by atoms with E-state index in [1.54, 1.807) is 0 Å². The number of carbonyl (C=O) groups is 1. The molecule has 3 rings (SSSR count).